The molecular weight excluding hydrogens is 251 g/mol. The molecule has 96 valence electrons. The third-order valence-corrected chi connectivity index (χ3v) is 3.59. The fourth-order valence-electron chi connectivity index (χ4n) is 1.67. The number of hydrogen-bond acceptors (Lipinski definition) is 4. The van der Waals surface area contributed by atoms with Crippen molar-refractivity contribution in [1.82, 2.24) is 14.8 Å². The predicted octanol–water partition coefficient (Wildman–Crippen LogP) is 2.19. The molecule has 1 aromatic heterocycles. The Kier molecular flexibility index (Phi) is 4.33. The van der Waals surface area contributed by atoms with E-state index < -0.39 is 0 Å². The van der Waals surface area contributed by atoms with Crippen molar-refractivity contribution in [3.63, 3.8) is 0 Å². The third kappa shape index (κ3) is 2.88. The number of nitrogens with two attached hydrogens (primary N) is 1. The monoisotopic (exact) mass is 266 g/mol. The molecule has 2 aromatic rings. The lowest BCUT2D eigenvalue weighted by Gasteiger charge is -2.05. The number of halogens is 1. The fraction of sp³-hybridized carbons (Fsp3) is 0.333. The second-order valence-corrected chi connectivity index (χ2v) is 4.71. The fourth-order valence-corrected chi connectivity index (χ4v) is 2.63. The molecule has 0 radical (unpaired) electrons. The first-order chi connectivity index (χ1) is 8.74. The van der Waals surface area contributed by atoms with Gasteiger partial charge in [-0.3, -0.25) is 0 Å². The van der Waals surface area contributed by atoms with Crippen molar-refractivity contribution in [2.24, 2.45) is 5.73 Å². The molecule has 0 amide bonds. The molecule has 0 atom stereocenters. The van der Waals surface area contributed by atoms with Crippen LogP contribution in [-0.2, 0) is 18.8 Å². The maximum atomic E-state index is 13.0. The average molecular weight is 266 g/mol. The van der Waals surface area contributed by atoms with Crippen LogP contribution in [-0.4, -0.2) is 14.8 Å². The van der Waals surface area contributed by atoms with Crippen LogP contribution in [0.15, 0.2) is 29.4 Å². The van der Waals surface area contributed by atoms with Crippen LogP contribution < -0.4 is 5.73 Å². The van der Waals surface area contributed by atoms with E-state index in [2.05, 4.69) is 10.2 Å². The van der Waals surface area contributed by atoms with Gasteiger partial charge in [0.05, 0.1) is 6.54 Å². The number of hydrogen-bond donors (Lipinski definition) is 1. The lowest BCUT2D eigenvalue weighted by Crippen LogP contribution is -2.08. The molecule has 2 N–H and O–H groups in total. The molecule has 2 rings (SSSR count). The average Bonchev–Trinajstić information content (AvgIpc) is 2.78. The number of rotatable bonds is 5. The van der Waals surface area contributed by atoms with E-state index in [9.17, 15) is 4.39 Å². The Morgan fingerprint density at radius 1 is 1.39 bits per heavy atom. The SMILES string of the molecule is CCn1c(CN)nnc1SCc1cccc(F)c1. The van der Waals surface area contributed by atoms with Gasteiger partial charge in [0.15, 0.2) is 5.16 Å². The van der Waals surface area contributed by atoms with Gasteiger partial charge in [0.25, 0.3) is 0 Å². The summed E-state index contributed by atoms with van der Waals surface area (Å²) in [6, 6.07) is 6.58. The highest BCUT2D eigenvalue weighted by Gasteiger charge is 2.09. The molecule has 4 nitrogen and oxygen atoms in total. The number of benzene rings is 1. The maximum absolute atomic E-state index is 13.0. The molecule has 0 aliphatic rings. The zero-order valence-corrected chi connectivity index (χ0v) is 11.0. The molecule has 0 bridgehead atoms. The van der Waals surface area contributed by atoms with Gasteiger partial charge < -0.3 is 10.3 Å². The van der Waals surface area contributed by atoms with Gasteiger partial charge in [-0.25, -0.2) is 4.39 Å². The van der Waals surface area contributed by atoms with Crippen molar-refractivity contribution in [1.29, 1.82) is 0 Å². The molecule has 0 spiro atoms. The first kappa shape index (κ1) is 13.0. The largest absolute Gasteiger partial charge is 0.324 e. The highest BCUT2D eigenvalue weighted by Crippen LogP contribution is 2.22. The molecular formula is C12H15FN4S. The van der Waals surface area contributed by atoms with E-state index in [-0.39, 0.29) is 5.82 Å². The zero-order valence-electron chi connectivity index (χ0n) is 10.1. The van der Waals surface area contributed by atoms with E-state index >= 15 is 0 Å². The van der Waals surface area contributed by atoms with Crippen LogP contribution in [0.3, 0.4) is 0 Å². The van der Waals surface area contributed by atoms with Crippen molar-refractivity contribution in [2.45, 2.75) is 30.9 Å². The summed E-state index contributed by atoms with van der Waals surface area (Å²) in [5.74, 6) is 1.23. The summed E-state index contributed by atoms with van der Waals surface area (Å²) < 4.78 is 15.0. The minimum atomic E-state index is -0.215. The Balaban J connectivity index is 2.08. The minimum Gasteiger partial charge on any atom is -0.324 e. The zero-order chi connectivity index (χ0) is 13.0. The smallest absolute Gasteiger partial charge is 0.191 e. The van der Waals surface area contributed by atoms with Crippen molar-refractivity contribution < 1.29 is 4.39 Å². The van der Waals surface area contributed by atoms with Crippen LogP contribution in [0.5, 0.6) is 0 Å². The lowest BCUT2D eigenvalue weighted by atomic mass is 10.2. The highest BCUT2D eigenvalue weighted by molar-refractivity contribution is 7.98. The summed E-state index contributed by atoms with van der Waals surface area (Å²) >= 11 is 1.54. The molecule has 0 fully saturated rings. The van der Waals surface area contributed by atoms with E-state index in [0.717, 1.165) is 23.1 Å². The number of thioether (sulfide) groups is 1. The Hall–Kier alpha value is -1.40. The normalized spacial score (nSPS) is 10.8. The molecule has 18 heavy (non-hydrogen) atoms. The van der Waals surface area contributed by atoms with Gasteiger partial charge in [-0.15, -0.1) is 10.2 Å². The van der Waals surface area contributed by atoms with E-state index in [1.165, 1.54) is 23.9 Å². The summed E-state index contributed by atoms with van der Waals surface area (Å²) in [5.41, 5.74) is 6.52. The van der Waals surface area contributed by atoms with Crippen LogP contribution in [0, 0.1) is 5.82 Å². The molecule has 1 aromatic carbocycles. The van der Waals surface area contributed by atoms with Crippen molar-refractivity contribution in [3.8, 4) is 0 Å². The van der Waals surface area contributed by atoms with Gasteiger partial charge in [0.1, 0.15) is 11.6 Å². The summed E-state index contributed by atoms with van der Waals surface area (Å²) in [4.78, 5) is 0. The Labute approximate surface area is 109 Å². The molecule has 0 saturated heterocycles. The summed E-state index contributed by atoms with van der Waals surface area (Å²) in [7, 11) is 0. The number of nitrogens with zero attached hydrogens (tertiary/aromatic N) is 3. The van der Waals surface area contributed by atoms with E-state index in [1.807, 2.05) is 17.6 Å². The topological polar surface area (TPSA) is 56.7 Å². The van der Waals surface area contributed by atoms with Crippen LogP contribution in [0.25, 0.3) is 0 Å². The Morgan fingerprint density at radius 2 is 2.22 bits per heavy atom. The molecule has 0 saturated carbocycles. The molecule has 0 unspecified atom stereocenters. The summed E-state index contributed by atoms with van der Waals surface area (Å²) in [5, 5.41) is 8.95. The van der Waals surface area contributed by atoms with Gasteiger partial charge in [0, 0.05) is 12.3 Å². The second kappa shape index (κ2) is 5.97. The van der Waals surface area contributed by atoms with Gasteiger partial charge in [0.2, 0.25) is 0 Å². The van der Waals surface area contributed by atoms with E-state index in [4.69, 9.17) is 5.73 Å². The number of aromatic nitrogens is 3. The van der Waals surface area contributed by atoms with Crippen LogP contribution in [0.2, 0.25) is 0 Å². The van der Waals surface area contributed by atoms with Gasteiger partial charge in [-0.05, 0) is 24.6 Å². The maximum Gasteiger partial charge on any atom is 0.191 e. The van der Waals surface area contributed by atoms with Gasteiger partial charge >= 0.3 is 0 Å². The van der Waals surface area contributed by atoms with Crippen molar-refractivity contribution >= 4 is 11.8 Å². The van der Waals surface area contributed by atoms with Crippen molar-refractivity contribution in [3.05, 3.63) is 41.5 Å². The highest BCUT2D eigenvalue weighted by atomic mass is 32.2. The second-order valence-electron chi connectivity index (χ2n) is 3.77. The molecule has 0 aliphatic carbocycles. The first-order valence-corrected chi connectivity index (χ1v) is 6.72. The predicted molar refractivity (Wildman–Crippen MR) is 69.5 cm³/mol. The standard InChI is InChI=1S/C12H15FN4S/c1-2-17-11(7-14)15-16-12(17)18-8-9-4-3-5-10(13)6-9/h3-6H,2,7-8,14H2,1H3. The lowest BCUT2D eigenvalue weighted by molar-refractivity contribution is 0.626. The Bertz CT molecular complexity index is 527. The van der Waals surface area contributed by atoms with Gasteiger partial charge in [-0.2, -0.15) is 0 Å². The Morgan fingerprint density at radius 3 is 2.89 bits per heavy atom. The minimum absolute atomic E-state index is 0.215. The van der Waals surface area contributed by atoms with Crippen molar-refractivity contribution in [2.75, 3.05) is 0 Å². The van der Waals surface area contributed by atoms with Crippen LogP contribution in [0.4, 0.5) is 4.39 Å². The summed E-state index contributed by atoms with van der Waals surface area (Å²) in [6.45, 7) is 3.18. The first-order valence-electron chi connectivity index (χ1n) is 5.74. The third-order valence-electron chi connectivity index (χ3n) is 2.55. The molecule has 6 heteroatoms. The van der Waals surface area contributed by atoms with Crippen LogP contribution in [0.1, 0.15) is 18.3 Å². The molecule has 1 heterocycles. The quantitative estimate of drug-likeness (QED) is 0.843. The van der Waals surface area contributed by atoms with Gasteiger partial charge in [-0.1, -0.05) is 23.9 Å². The summed E-state index contributed by atoms with van der Waals surface area (Å²) in [6.07, 6.45) is 0. The van der Waals surface area contributed by atoms with E-state index in [0.29, 0.717) is 12.3 Å². The van der Waals surface area contributed by atoms with E-state index in [1.54, 1.807) is 6.07 Å². The molecule has 0 aliphatic heterocycles. The van der Waals surface area contributed by atoms with Crippen LogP contribution >= 0.6 is 11.8 Å².